The van der Waals surface area contributed by atoms with E-state index >= 15 is 0 Å². The molecule has 0 aliphatic carbocycles. The highest BCUT2D eigenvalue weighted by Gasteiger charge is 2.37. The Morgan fingerprint density at radius 1 is 0.975 bits per heavy atom. The van der Waals surface area contributed by atoms with E-state index in [0.717, 1.165) is 17.7 Å². The number of hydrogen-bond acceptors (Lipinski definition) is 7. The highest BCUT2D eigenvalue weighted by molar-refractivity contribution is 5.92. The van der Waals surface area contributed by atoms with Crippen molar-refractivity contribution in [3.05, 3.63) is 71.8 Å². The summed E-state index contributed by atoms with van der Waals surface area (Å²) in [7, 11) is 0. The van der Waals surface area contributed by atoms with E-state index in [9.17, 15) is 27.9 Å². The number of amides is 2. The summed E-state index contributed by atoms with van der Waals surface area (Å²) in [6.07, 6.45) is -4.11. The summed E-state index contributed by atoms with van der Waals surface area (Å²) in [4.78, 5) is 34.8. The number of hydrogen-bond donors (Lipinski definition) is 4. The molecule has 4 rings (SSSR count). The lowest BCUT2D eigenvalue weighted by Gasteiger charge is -2.38. The van der Waals surface area contributed by atoms with Crippen LogP contribution in [-0.4, -0.2) is 64.5 Å². The lowest BCUT2D eigenvalue weighted by molar-refractivity contribution is -0.138. The van der Waals surface area contributed by atoms with Crippen LogP contribution in [0.3, 0.4) is 0 Å². The van der Waals surface area contributed by atoms with Crippen molar-refractivity contribution in [2.75, 3.05) is 43.4 Å². The first-order valence-corrected chi connectivity index (χ1v) is 12.9. The topological polar surface area (TPSA) is 119 Å². The molecule has 2 aromatic carbocycles. The molecule has 212 valence electrons. The fourth-order valence-corrected chi connectivity index (χ4v) is 4.49. The van der Waals surface area contributed by atoms with E-state index in [-0.39, 0.29) is 36.8 Å². The molecule has 0 bridgehead atoms. The van der Waals surface area contributed by atoms with Crippen LogP contribution < -0.4 is 16.0 Å². The van der Waals surface area contributed by atoms with Crippen LogP contribution in [0.15, 0.2) is 60.7 Å². The van der Waals surface area contributed by atoms with Crippen LogP contribution in [0.4, 0.5) is 24.8 Å². The molecule has 3 aromatic rings. The van der Waals surface area contributed by atoms with Crippen molar-refractivity contribution in [1.29, 1.82) is 0 Å². The maximum atomic E-state index is 13.1. The second-order valence-corrected chi connectivity index (χ2v) is 9.67. The second-order valence-electron chi connectivity index (χ2n) is 9.67. The molecule has 0 atom stereocenters. The van der Waals surface area contributed by atoms with Crippen molar-refractivity contribution in [3.8, 4) is 11.4 Å². The number of benzene rings is 2. The fraction of sp³-hybridized carbons (Fsp3) is 0.357. The highest BCUT2D eigenvalue weighted by Crippen LogP contribution is 2.36. The molecule has 1 aromatic heterocycles. The molecular formula is C28H31F3N6O3. The third kappa shape index (κ3) is 7.76. The molecule has 40 heavy (non-hydrogen) atoms. The highest BCUT2D eigenvalue weighted by atomic mass is 19.4. The minimum atomic E-state index is -4.49. The number of carbonyl (C=O) groups excluding carboxylic acids is 2. The Kier molecular flexibility index (Phi) is 9.00. The largest absolute Gasteiger partial charge is 0.416 e. The number of aliphatic hydroxyl groups is 1. The quantitative estimate of drug-likeness (QED) is 0.297. The van der Waals surface area contributed by atoms with Crippen molar-refractivity contribution in [2.24, 2.45) is 0 Å². The Morgan fingerprint density at radius 2 is 1.68 bits per heavy atom. The smallest absolute Gasteiger partial charge is 0.385 e. The average Bonchev–Trinajstić information content (AvgIpc) is 2.92. The molecule has 0 unspecified atom stereocenters. The SMILES string of the molecule is CC(=O)NCCNc1cc(NC(=O)CN2CCC(O)(c3cccc(C(F)(F)F)c3)CC2)nc(-c2ccccc2)n1. The molecule has 4 N–H and O–H groups in total. The van der Waals surface area contributed by atoms with Crippen molar-refractivity contribution >= 4 is 23.5 Å². The third-order valence-electron chi connectivity index (χ3n) is 6.61. The molecule has 0 radical (unpaired) electrons. The molecule has 1 aliphatic rings. The number of nitrogens with one attached hydrogen (secondary N) is 3. The van der Waals surface area contributed by atoms with Gasteiger partial charge in [0.15, 0.2) is 5.82 Å². The molecule has 2 amide bonds. The second kappa shape index (κ2) is 12.4. The predicted octanol–water partition coefficient (Wildman–Crippen LogP) is 3.63. The third-order valence-corrected chi connectivity index (χ3v) is 6.61. The van der Waals surface area contributed by atoms with E-state index in [1.165, 1.54) is 19.1 Å². The standard InChI is InChI=1S/C28H31F3N6O3/c1-19(38)32-12-13-33-23-17-24(36-26(35-23)20-6-3-2-4-7-20)34-25(39)18-37-14-10-27(40,11-15-37)21-8-5-9-22(16-21)28(29,30)31/h2-9,16-17,40H,10-15,18H2,1H3,(H,32,38)(H2,33,34,35,36,39). The van der Waals surface area contributed by atoms with Crippen molar-refractivity contribution in [1.82, 2.24) is 20.2 Å². The maximum Gasteiger partial charge on any atom is 0.416 e. The van der Waals surface area contributed by atoms with Crippen LogP contribution in [0.1, 0.15) is 30.9 Å². The number of anilines is 2. The summed E-state index contributed by atoms with van der Waals surface area (Å²) in [6.45, 7) is 2.92. The first-order chi connectivity index (χ1) is 19.0. The number of rotatable bonds is 9. The van der Waals surface area contributed by atoms with Gasteiger partial charge in [0.1, 0.15) is 11.6 Å². The Morgan fingerprint density at radius 3 is 2.35 bits per heavy atom. The molecular weight excluding hydrogens is 525 g/mol. The number of alkyl halides is 3. The normalized spacial score (nSPS) is 15.3. The van der Waals surface area contributed by atoms with Crippen LogP contribution in [0.5, 0.6) is 0 Å². The lowest BCUT2D eigenvalue weighted by atomic mass is 9.83. The summed E-state index contributed by atoms with van der Waals surface area (Å²) in [6, 6.07) is 15.6. The number of halogens is 3. The van der Waals surface area contributed by atoms with E-state index in [1.807, 2.05) is 35.2 Å². The lowest BCUT2D eigenvalue weighted by Crippen LogP contribution is -2.45. The van der Waals surface area contributed by atoms with Gasteiger partial charge in [-0.15, -0.1) is 0 Å². The first kappa shape index (κ1) is 29.0. The number of piperidine rings is 1. The number of carbonyl (C=O) groups is 2. The zero-order valence-corrected chi connectivity index (χ0v) is 22.0. The molecule has 12 heteroatoms. The van der Waals surface area contributed by atoms with Gasteiger partial charge in [0.25, 0.3) is 0 Å². The van der Waals surface area contributed by atoms with Gasteiger partial charge in [0.2, 0.25) is 11.8 Å². The van der Waals surface area contributed by atoms with Crippen LogP contribution in [0.25, 0.3) is 11.4 Å². The minimum Gasteiger partial charge on any atom is -0.385 e. The molecule has 0 spiro atoms. The van der Waals surface area contributed by atoms with Gasteiger partial charge in [-0.2, -0.15) is 13.2 Å². The van der Waals surface area contributed by atoms with E-state index in [4.69, 9.17) is 0 Å². The molecule has 9 nitrogen and oxygen atoms in total. The van der Waals surface area contributed by atoms with Crippen molar-refractivity contribution in [2.45, 2.75) is 31.5 Å². The summed E-state index contributed by atoms with van der Waals surface area (Å²) in [5.41, 5.74) is -1.22. The number of likely N-dealkylation sites (tertiary alicyclic amines) is 1. The van der Waals surface area contributed by atoms with E-state index in [1.54, 1.807) is 6.07 Å². The van der Waals surface area contributed by atoms with Crippen molar-refractivity contribution in [3.63, 3.8) is 0 Å². The van der Waals surface area contributed by atoms with Gasteiger partial charge in [0, 0.05) is 44.7 Å². The minimum absolute atomic E-state index is 0.0225. The molecule has 0 saturated carbocycles. The maximum absolute atomic E-state index is 13.1. The van der Waals surface area contributed by atoms with Crippen molar-refractivity contribution < 1.29 is 27.9 Å². The Labute approximate surface area is 229 Å². The summed E-state index contributed by atoms with van der Waals surface area (Å²) >= 11 is 0. The molecule has 1 saturated heterocycles. The van der Waals surface area contributed by atoms with Gasteiger partial charge in [-0.25, -0.2) is 9.97 Å². The van der Waals surface area contributed by atoms with Gasteiger partial charge < -0.3 is 21.1 Å². The van der Waals surface area contributed by atoms with Crippen LogP contribution in [0, 0.1) is 0 Å². The Balaban J connectivity index is 1.39. The predicted molar refractivity (Wildman–Crippen MR) is 144 cm³/mol. The van der Waals surface area contributed by atoms with Gasteiger partial charge >= 0.3 is 6.18 Å². The van der Waals surface area contributed by atoms with E-state index in [2.05, 4.69) is 25.9 Å². The number of aromatic nitrogens is 2. The Hall–Kier alpha value is -4.03. The summed E-state index contributed by atoms with van der Waals surface area (Å²) in [5, 5.41) is 19.7. The zero-order chi connectivity index (χ0) is 28.8. The first-order valence-electron chi connectivity index (χ1n) is 12.9. The van der Waals surface area contributed by atoms with Gasteiger partial charge in [-0.1, -0.05) is 42.5 Å². The van der Waals surface area contributed by atoms with Crippen LogP contribution in [0.2, 0.25) is 0 Å². The molecule has 1 fully saturated rings. The fourth-order valence-electron chi connectivity index (χ4n) is 4.49. The average molecular weight is 557 g/mol. The van der Waals surface area contributed by atoms with Gasteiger partial charge in [0.05, 0.1) is 17.7 Å². The van der Waals surface area contributed by atoms with Crippen LogP contribution in [-0.2, 0) is 21.4 Å². The summed E-state index contributed by atoms with van der Waals surface area (Å²) in [5.74, 6) is 0.696. The van der Waals surface area contributed by atoms with Crippen LogP contribution >= 0.6 is 0 Å². The molecule has 2 heterocycles. The Bertz CT molecular complexity index is 1330. The zero-order valence-electron chi connectivity index (χ0n) is 22.0. The summed E-state index contributed by atoms with van der Waals surface area (Å²) < 4.78 is 39.4. The molecule has 1 aliphatic heterocycles. The van der Waals surface area contributed by atoms with Gasteiger partial charge in [-0.3, -0.25) is 14.5 Å². The monoisotopic (exact) mass is 556 g/mol. The van der Waals surface area contributed by atoms with E-state index < -0.39 is 17.3 Å². The number of nitrogens with zero attached hydrogens (tertiary/aromatic N) is 3. The van der Waals surface area contributed by atoms with E-state index in [0.29, 0.717) is 43.6 Å². The van der Waals surface area contributed by atoms with Gasteiger partial charge in [-0.05, 0) is 30.5 Å².